The van der Waals surface area contributed by atoms with Crippen LogP contribution in [0.5, 0.6) is 0 Å². The molecule has 0 saturated heterocycles. The average molecular weight is 479 g/mol. The van der Waals surface area contributed by atoms with Gasteiger partial charge in [-0.15, -0.1) is 0 Å². The minimum absolute atomic E-state index is 0.0533. The lowest BCUT2D eigenvalue weighted by atomic mass is 9.94. The lowest BCUT2D eigenvalue weighted by molar-refractivity contribution is -0.385. The van der Waals surface area contributed by atoms with E-state index in [-0.39, 0.29) is 11.4 Å². The molecule has 0 atom stereocenters. The fourth-order valence-corrected chi connectivity index (χ4v) is 4.41. The van der Waals surface area contributed by atoms with Gasteiger partial charge in [0, 0.05) is 36.9 Å². The van der Waals surface area contributed by atoms with Crippen LogP contribution >= 0.6 is 0 Å². The molecule has 0 unspecified atom stereocenters. The summed E-state index contributed by atoms with van der Waals surface area (Å²) in [5.41, 5.74) is 6.99. The Kier molecular flexibility index (Phi) is 6.00. The summed E-state index contributed by atoms with van der Waals surface area (Å²) in [6.45, 7) is 0. The first-order chi connectivity index (χ1) is 17.4. The van der Waals surface area contributed by atoms with Crippen LogP contribution in [0.2, 0.25) is 0 Å². The predicted octanol–water partition coefficient (Wildman–Crippen LogP) is 6.24. The molecule has 5 aromatic rings. The zero-order chi connectivity index (χ0) is 25.2. The molecule has 0 spiro atoms. The van der Waals surface area contributed by atoms with Gasteiger partial charge in [0.05, 0.1) is 20.9 Å². The topological polar surface area (TPSA) is 104 Å². The maximum Gasteiger partial charge on any atom is 0.269 e. The average Bonchev–Trinajstić information content (AvgIpc) is 3.20. The van der Waals surface area contributed by atoms with E-state index in [0.717, 1.165) is 44.7 Å². The molecule has 0 amide bonds. The van der Waals surface area contributed by atoms with Crippen LogP contribution in [0.25, 0.3) is 22.4 Å². The Labute approximate surface area is 206 Å². The Morgan fingerprint density at radius 1 is 0.722 bits per heavy atom. The van der Waals surface area contributed by atoms with E-state index in [9.17, 15) is 20.2 Å². The van der Waals surface area contributed by atoms with E-state index in [2.05, 4.69) is 16.7 Å². The molecular formula is C28H22N4O4. The summed E-state index contributed by atoms with van der Waals surface area (Å²) in [6, 6.07) is 27.3. The zero-order valence-corrected chi connectivity index (χ0v) is 19.5. The van der Waals surface area contributed by atoms with E-state index in [1.54, 1.807) is 24.3 Å². The van der Waals surface area contributed by atoms with Gasteiger partial charge in [0.2, 0.25) is 0 Å². The van der Waals surface area contributed by atoms with E-state index in [4.69, 9.17) is 4.98 Å². The highest BCUT2D eigenvalue weighted by Crippen LogP contribution is 2.29. The van der Waals surface area contributed by atoms with Gasteiger partial charge >= 0.3 is 0 Å². The Hall–Kier alpha value is -4.85. The van der Waals surface area contributed by atoms with Crippen LogP contribution in [0.3, 0.4) is 0 Å². The van der Waals surface area contributed by atoms with Crippen molar-refractivity contribution in [3.05, 3.63) is 133 Å². The van der Waals surface area contributed by atoms with Gasteiger partial charge in [-0.3, -0.25) is 20.2 Å². The molecule has 8 nitrogen and oxygen atoms in total. The van der Waals surface area contributed by atoms with Crippen molar-refractivity contribution in [1.82, 2.24) is 9.55 Å². The quantitative estimate of drug-likeness (QED) is 0.203. The third-order valence-corrected chi connectivity index (χ3v) is 6.32. The number of imidazole rings is 1. The van der Waals surface area contributed by atoms with Crippen LogP contribution < -0.4 is 0 Å². The summed E-state index contributed by atoms with van der Waals surface area (Å²) in [5.74, 6) is 0.861. The highest BCUT2D eigenvalue weighted by atomic mass is 16.6. The number of nitro benzene ring substituents is 2. The van der Waals surface area contributed by atoms with Gasteiger partial charge in [0.1, 0.15) is 5.82 Å². The highest BCUT2D eigenvalue weighted by molar-refractivity contribution is 5.82. The Morgan fingerprint density at radius 2 is 1.22 bits per heavy atom. The number of nitro groups is 2. The number of benzene rings is 4. The van der Waals surface area contributed by atoms with Gasteiger partial charge in [-0.2, -0.15) is 0 Å². The number of hydrogen-bond acceptors (Lipinski definition) is 5. The van der Waals surface area contributed by atoms with Crippen molar-refractivity contribution in [1.29, 1.82) is 0 Å². The summed E-state index contributed by atoms with van der Waals surface area (Å²) in [5, 5.41) is 22.1. The summed E-state index contributed by atoms with van der Waals surface area (Å²) >= 11 is 0. The van der Waals surface area contributed by atoms with E-state index in [0.29, 0.717) is 12.8 Å². The molecule has 8 heteroatoms. The largest absolute Gasteiger partial charge is 0.327 e. The lowest BCUT2D eigenvalue weighted by Crippen LogP contribution is -2.00. The van der Waals surface area contributed by atoms with Crippen LogP contribution in [0.4, 0.5) is 11.4 Å². The van der Waals surface area contributed by atoms with Gasteiger partial charge in [0.15, 0.2) is 0 Å². The Morgan fingerprint density at radius 3 is 1.72 bits per heavy atom. The summed E-state index contributed by atoms with van der Waals surface area (Å²) in [7, 11) is 1.99. The van der Waals surface area contributed by atoms with Gasteiger partial charge < -0.3 is 4.57 Å². The van der Waals surface area contributed by atoms with E-state index in [1.807, 2.05) is 37.4 Å². The van der Waals surface area contributed by atoms with Crippen LogP contribution in [0.15, 0.2) is 91.0 Å². The second-order valence-electron chi connectivity index (χ2n) is 8.67. The SMILES string of the molecule is Cn1c(-c2ccccc2)nc2cc(Cc3ccc([N+](=O)[O-])cc3)c(Cc3ccc([N+](=O)[O-])cc3)cc21. The molecule has 0 radical (unpaired) electrons. The second-order valence-corrected chi connectivity index (χ2v) is 8.67. The van der Waals surface area contributed by atoms with Crippen molar-refractivity contribution >= 4 is 22.4 Å². The molecule has 0 fully saturated rings. The van der Waals surface area contributed by atoms with Crippen molar-refractivity contribution in [2.45, 2.75) is 12.8 Å². The maximum atomic E-state index is 11.1. The van der Waals surface area contributed by atoms with Crippen molar-refractivity contribution in [3.63, 3.8) is 0 Å². The van der Waals surface area contributed by atoms with E-state index >= 15 is 0 Å². The normalized spacial score (nSPS) is 11.0. The van der Waals surface area contributed by atoms with Crippen molar-refractivity contribution in [2.75, 3.05) is 0 Å². The van der Waals surface area contributed by atoms with E-state index in [1.165, 1.54) is 24.3 Å². The molecule has 1 heterocycles. The first-order valence-electron chi connectivity index (χ1n) is 11.4. The molecule has 5 rings (SSSR count). The molecule has 0 aliphatic rings. The molecule has 4 aromatic carbocycles. The van der Waals surface area contributed by atoms with Gasteiger partial charge in [-0.25, -0.2) is 4.98 Å². The summed E-state index contributed by atoms with van der Waals surface area (Å²) in [4.78, 5) is 26.2. The zero-order valence-electron chi connectivity index (χ0n) is 19.5. The Balaban J connectivity index is 1.58. The molecule has 0 N–H and O–H groups in total. The van der Waals surface area contributed by atoms with E-state index < -0.39 is 9.85 Å². The molecule has 0 aliphatic carbocycles. The van der Waals surface area contributed by atoms with Crippen molar-refractivity contribution < 1.29 is 9.85 Å². The van der Waals surface area contributed by atoms with Crippen LogP contribution in [0, 0.1) is 20.2 Å². The molecule has 36 heavy (non-hydrogen) atoms. The number of nitrogens with zero attached hydrogens (tertiary/aromatic N) is 4. The number of hydrogen-bond donors (Lipinski definition) is 0. The van der Waals surface area contributed by atoms with Crippen molar-refractivity contribution in [2.24, 2.45) is 7.05 Å². The summed E-state index contributed by atoms with van der Waals surface area (Å²) < 4.78 is 2.07. The number of non-ortho nitro benzene ring substituents is 2. The fraction of sp³-hybridized carbons (Fsp3) is 0.107. The second kappa shape index (κ2) is 9.42. The highest BCUT2D eigenvalue weighted by Gasteiger charge is 2.15. The molecule has 0 saturated carbocycles. The third kappa shape index (κ3) is 4.56. The minimum atomic E-state index is -0.408. The first-order valence-corrected chi connectivity index (χ1v) is 11.4. The smallest absolute Gasteiger partial charge is 0.269 e. The molecule has 1 aromatic heterocycles. The number of rotatable bonds is 7. The lowest BCUT2D eigenvalue weighted by Gasteiger charge is -2.12. The molecule has 0 aliphatic heterocycles. The first kappa shape index (κ1) is 22.9. The standard InChI is InChI=1S/C28H22N4O4/c1-30-27-18-23(16-20-9-13-25(14-10-20)32(35)36)22(15-19-7-11-24(12-8-19)31(33)34)17-26(27)29-28(30)21-5-3-2-4-6-21/h2-14,17-18H,15-16H2,1H3. The Bertz CT molecular complexity index is 1570. The van der Waals surface area contributed by atoms with Gasteiger partial charge in [0.25, 0.3) is 11.4 Å². The molecule has 178 valence electrons. The minimum Gasteiger partial charge on any atom is -0.327 e. The maximum absolute atomic E-state index is 11.1. The monoisotopic (exact) mass is 478 g/mol. The van der Waals surface area contributed by atoms with Gasteiger partial charge in [-0.1, -0.05) is 54.6 Å². The number of aromatic nitrogens is 2. The molecular weight excluding hydrogens is 456 g/mol. The molecule has 0 bridgehead atoms. The van der Waals surface area contributed by atoms with Crippen molar-refractivity contribution in [3.8, 4) is 11.4 Å². The third-order valence-electron chi connectivity index (χ3n) is 6.32. The fourth-order valence-electron chi connectivity index (χ4n) is 4.41. The van der Waals surface area contributed by atoms with Crippen LogP contribution in [-0.2, 0) is 19.9 Å². The van der Waals surface area contributed by atoms with Crippen LogP contribution in [-0.4, -0.2) is 19.4 Å². The number of aryl methyl sites for hydroxylation is 1. The number of fused-ring (bicyclic) bond motifs is 1. The summed E-state index contributed by atoms with van der Waals surface area (Å²) in [6.07, 6.45) is 1.16. The van der Waals surface area contributed by atoms with Crippen LogP contribution in [0.1, 0.15) is 22.3 Å². The predicted molar refractivity (Wildman–Crippen MR) is 138 cm³/mol. The van der Waals surface area contributed by atoms with Gasteiger partial charge in [-0.05, 0) is 47.2 Å².